The Hall–Kier alpha value is -3.42. The number of aromatic nitrogens is 3. The fourth-order valence-electron chi connectivity index (χ4n) is 3.99. The SMILES string of the molecule is COc1ccc(C(=O)N2CCC(c3n[nH]c(=O)n3Cc3ccc(C)cc3)CC2)cc1F. The predicted molar refractivity (Wildman–Crippen MR) is 114 cm³/mol. The molecule has 0 unspecified atom stereocenters. The first kappa shape index (κ1) is 20.8. The Morgan fingerprint density at radius 3 is 2.55 bits per heavy atom. The Bertz CT molecular complexity index is 1130. The lowest BCUT2D eigenvalue weighted by Gasteiger charge is -2.31. The summed E-state index contributed by atoms with van der Waals surface area (Å²) in [4.78, 5) is 26.8. The summed E-state index contributed by atoms with van der Waals surface area (Å²) in [6.07, 6.45) is 1.37. The monoisotopic (exact) mass is 424 g/mol. The third-order valence-corrected chi connectivity index (χ3v) is 5.80. The van der Waals surface area contributed by atoms with E-state index in [9.17, 15) is 14.0 Å². The summed E-state index contributed by atoms with van der Waals surface area (Å²) < 4.78 is 20.6. The van der Waals surface area contributed by atoms with Crippen LogP contribution < -0.4 is 10.4 Å². The molecule has 8 heteroatoms. The van der Waals surface area contributed by atoms with E-state index in [-0.39, 0.29) is 23.3 Å². The molecule has 1 fully saturated rings. The van der Waals surface area contributed by atoms with Gasteiger partial charge >= 0.3 is 5.69 Å². The zero-order valence-corrected chi connectivity index (χ0v) is 17.6. The van der Waals surface area contributed by atoms with Crippen LogP contribution in [0.25, 0.3) is 0 Å². The van der Waals surface area contributed by atoms with Crippen molar-refractivity contribution in [2.75, 3.05) is 20.2 Å². The first-order valence-corrected chi connectivity index (χ1v) is 10.3. The molecular weight excluding hydrogens is 399 g/mol. The van der Waals surface area contributed by atoms with Gasteiger partial charge in [0.1, 0.15) is 5.82 Å². The lowest BCUT2D eigenvalue weighted by Crippen LogP contribution is -2.38. The fraction of sp³-hybridized carbons (Fsp3) is 0.348. The summed E-state index contributed by atoms with van der Waals surface area (Å²) in [5, 5.41) is 6.84. The maximum atomic E-state index is 14.0. The van der Waals surface area contributed by atoms with Gasteiger partial charge in [-0.2, -0.15) is 5.10 Å². The van der Waals surface area contributed by atoms with Crippen LogP contribution in [0.4, 0.5) is 4.39 Å². The summed E-state index contributed by atoms with van der Waals surface area (Å²) in [7, 11) is 1.39. The second-order valence-corrected chi connectivity index (χ2v) is 7.87. The number of nitrogens with one attached hydrogen (secondary N) is 1. The first-order valence-electron chi connectivity index (χ1n) is 10.3. The molecule has 0 saturated carbocycles. The van der Waals surface area contributed by atoms with E-state index in [0.717, 1.165) is 11.1 Å². The second kappa shape index (κ2) is 8.75. The minimum absolute atomic E-state index is 0.0704. The van der Waals surface area contributed by atoms with Gasteiger partial charge in [0.15, 0.2) is 11.6 Å². The highest BCUT2D eigenvalue weighted by molar-refractivity contribution is 5.94. The van der Waals surface area contributed by atoms with Crippen LogP contribution in [0.3, 0.4) is 0 Å². The highest BCUT2D eigenvalue weighted by atomic mass is 19.1. The number of carbonyl (C=O) groups excluding carboxylic acids is 1. The van der Waals surface area contributed by atoms with E-state index in [2.05, 4.69) is 10.2 Å². The van der Waals surface area contributed by atoms with Crippen molar-refractivity contribution in [3.63, 3.8) is 0 Å². The van der Waals surface area contributed by atoms with E-state index in [0.29, 0.717) is 43.9 Å². The molecule has 0 radical (unpaired) electrons. The van der Waals surface area contributed by atoms with E-state index >= 15 is 0 Å². The van der Waals surface area contributed by atoms with E-state index in [1.165, 1.54) is 19.2 Å². The number of likely N-dealkylation sites (tertiary alicyclic amines) is 1. The molecular formula is C23H25FN4O3. The third kappa shape index (κ3) is 4.38. The van der Waals surface area contributed by atoms with Crippen LogP contribution in [0.5, 0.6) is 5.75 Å². The molecule has 7 nitrogen and oxygen atoms in total. The largest absolute Gasteiger partial charge is 0.494 e. The van der Waals surface area contributed by atoms with Gasteiger partial charge in [-0.15, -0.1) is 0 Å². The van der Waals surface area contributed by atoms with Gasteiger partial charge in [-0.3, -0.25) is 9.36 Å². The minimum Gasteiger partial charge on any atom is -0.494 e. The highest BCUT2D eigenvalue weighted by Gasteiger charge is 2.28. The maximum Gasteiger partial charge on any atom is 0.343 e. The minimum atomic E-state index is -0.556. The molecule has 0 atom stereocenters. The quantitative estimate of drug-likeness (QED) is 0.683. The van der Waals surface area contributed by atoms with E-state index in [1.54, 1.807) is 15.5 Å². The van der Waals surface area contributed by atoms with Crippen LogP contribution in [0.15, 0.2) is 47.3 Å². The van der Waals surface area contributed by atoms with Gasteiger partial charge in [0.2, 0.25) is 0 Å². The molecule has 3 aromatic rings. The molecule has 4 rings (SSSR count). The number of rotatable bonds is 5. The zero-order valence-electron chi connectivity index (χ0n) is 17.6. The van der Waals surface area contributed by atoms with Crippen molar-refractivity contribution in [3.05, 3.63) is 81.3 Å². The van der Waals surface area contributed by atoms with Crippen molar-refractivity contribution in [2.24, 2.45) is 0 Å². The topological polar surface area (TPSA) is 80.2 Å². The number of benzene rings is 2. The smallest absolute Gasteiger partial charge is 0.343 e. The lowest BCUT2D eigenvalue weighted by molar-refractivity contribution is 0.0709. The van der Waals surface area contributed by atoms with Gasteiger partial charge in [0.25, 0.3) is 5.91 Å². The number of carbonyl (C=O) groups is 1. The molecule has 1 N–H and O–H groups in total. The van der Waals surface area contributed by atoms with Crippen LogP contribution in [0, 0.1) is 12.7 Å². The molecule has 162 valence electrons. The Kier molecular flexibility index (Phi) is 5.88. The van der Waals surface area contributed by atoms with Gasteiger partial charge in [0.05, 0.1) is 13.7 Å². The molecule has 0 spiro atoms. The van der Waals surface area contributed by atoms with Crippen molar-refractivity contribution >= 4 is 5.91 Å². The van der Waals surface area contributed by atoms with Crippen LogP contribution in [0.1, 0.15) is 46.1 Å². The van der Waals surface area contributed by atoms with Crippen molar-refractivity contribution in [2.45, 2.75) is 32.2 Å². The normalized spacial score (nSPS) is 14.6. The molecule has 1 saturated heterocycles. The molecule has 1 amide bonds. The number of aryl methyl sites for hydroxylation is 1. The van der Waals surface area contributed by atoms with Gasteiger partial charge in [0, 0.05) is 24.6 Å². The van der Waals surface area contributed by atoms with Crippen molar-refractivity contribution in [1.82, 2.24) is 19.7 Å². The summed E-state index contributed by atoms with van der Waals surface area (Å²) in [5.41, 5.74) is 2.26. The molecule has 1 aliphatic heterocycles. The Labute approximate surface area is 179 Å². The highest BCUT2D eigenvalue weighted by Crippen LogP contribution is 2.28. The number of H-pyrrole nitrogens is 1. The summed E-state index contributed by atoms with van der Waals surface area (Å²) in [6.45, 7) is 3.51. The fourth-order valence-corrected chi connectivity index (χ4v) is 3.99. The number of amides is 1. The van der Waals surface area contributed by atoms with Gasteiger partial charge in [-0.1, -0.05) is 29.8 Å². The number of piperidine rings is 1. The van der Waals surface area contributed by atoms with Gasteiger partial charge in [-0.05, 0) is 43.5 Å². The number of halogens is 1. The predicted octanol–water partition coefficient (Wildman–Crippen LogP) is 3.10. The lowest BCUT2D eigenvalue weighted by atomic mass is 9.95. The van der Waals surface area contributed by atoms with Crippen molar-refractivity contribution in [1.29, 1.82) is 0 Å². The molecule has 2 aromatic carbocycles. The van der Waals surface area contributed by atoms with Crippen molar-refractivity contribution < 1.29 is 13.9 Å². The average molecular weight is 424 g/mol. The van der Waals surface area contributed by atoms with Gasteiger partial charge in [-0.25, -0.2) is 14.3 Å². The molecule has 31 heavy (non-hydrogen) atoms. The van der Waals surface area contributed by atoms with E-state index < -0.39 is 5.82 Å². The van der Waals surface area contributed by atoms with Crippen LogP contribution in [-0.2, 0) is 6.54 Å². The number of ether oxygens (including phenoxy) is 1. The Morgan fingerprint density at radius 1 is 1.19 bits per heavy atom. The second-order valence-electron chi connectivity index (χ2n) is 7.87. The maximum absolute atomic E-state index is 14.0. The Balaban J connectivity index is 1.44. The van der Waals surface area contributed by atoms with Crippen LogP contribution in [0.2, 0.25) is 0 Å². The zero-order chi connectivity index (χ0) is 22.0. The number of hydrogen-bond acceptors (Lipinski definition) is 4. The molecule has 0 aliphatic carbocycles. The van der Waals surface area contributed by atoms with E-state index in [1.807, 2.05) is 31.2 Å². The van der Waals surface area contributed by atoms with Crippen LogP contribution >= 0.6 is 0 Å². The number of methoxy groups -OCH3 is 1. The number of hydrogen-bond donors (Lipinski definition) is 1. The standard InChI is InChI=1S/C23H25FN4O3/c1-15-3-5-16(6-4-15)14-28-21(25-26-23(28)30)17-9-11-27(12-10-17)22(29)18-7-8-20(31-2)19(24)13-18/h3-8,13,17H,9-12,14H2,1-2H3,(H,26,30). The molecule has 0 bridgehead atoms. The molecule has 1 aromatic heterocycles. The first-order chi connectivity index (χ1) is 15.0. The van der Waals surface area contributed by atoms with Crippen LogP contribution in [-0.4, -0.2) is 45.8 Å². The number of nitrogens with zero attached hydrogens (tertiary/aromatic N) is 3. The van der Waals surface area contributed by atoms with E-state index in [4.69, 9.17) is 4.74 Å². The van der Waals surface area contributed by atoms with Crippen molar-refractivity contribution in [3.8, 4) is 5.75 Å². The summed E-state index contributed by atoms with van der Waals surface area (Å²) >= 11 is 0. The summed E-state index contributed by atoms with van der Waals surface area (Å²) in [5.74, 6) is 0.133. The van der Waals surface area contributed by atoms with Gasteiger partial charge < -0.3 is 9.64 Å². The average Bonchev–Trinajstić information content (AvgIpc) is 3.15. The third-order valence-electron chi connectivity index (χ3n) is 5.80. The Morgan fingerprint density at radius 2 is 1.90 bits per heavy atom. The molecule has 1 aliphatic rings. The number of aromatic amines is 1. The molecule has 2 heterocycles. The summed E-state index contributed by atoms with van der Waals surface area (Å²) in [6, 6.07) is 12.3.